The summed E-state index contributed by atoms with van der Waals surface area (Å²) in [6.45, 7) is 0.334. The lowest BCUT2D eigenvalue weighted by Gasteiger charge is -2.18. The molecule has 78 valence electrons. The summed E-state index contributed by atoms with van der Waals surface area (Å²) >= 11 is 5.81. The summed E-state index contributed by atoms with van der Waals surface area (Å²) in [6.07, 6.45) is 5.16. The molecule has 0 bridgehead atoms. The first-order valence-electron chi connectivity index (χ1n) is 4.24. The van der Waals surface area contributed by atoms with Crippen LogP contribution >= 0.6 is 11.6 Å². The highest BCUT2D eigenvalue weighted by atomic mass is 35.5. The van der Waals surface area contributed by atoms with E-state index in [9.17, 15) is 4.79 Å². The van der Waals surface area contributed by atoms with E-state index in [0.29, 0.717) is 12.2 Å². The predicted octanol–water partition coefficient (Wildman–Crippen LogP) is 2.11. The molecule has 0 saturated carbocycles. The molecular formula is C11H10ClNO2. The van der Waals surface area contributed by atoms with E-state index in [-0.39, 0.29) is 10.6 Å². The highest BCUT2D eigenvalue weighted by Crippen LogP contribution is 2.26. The van der Waals surface area contributed by atoms with Gasteiger partial charge in [0.2, 0.25) is 0 Å². The lowest BCUT2D eigenvalue weighted by atomic mass is 10.1. The minimum absolute atomic E-state index is 0.0805. The number of carboxylic acid groups (broad SMARTS) is 1. The molecule has 0 atom stereocenters. The summed E-state index contributed by atoms with van der Waals surface area (Å²) in [4.78, 5) is 12.7. The Labute approximate surface area is 93.3 Å². The van der Waals surface area contributed by atoms with E-state index in [2.05, 4.69) is 5.92 Å². The summed E-state index contributed by atoms with van der Waals surface area (Å²) in [5.41, 5.74) is 0.602. The Hall–Kier alpha value is -1.66. The number of anilines is 1. The number of hydrogen-bond donors (Lipinski definition) is 1. The third-order valence-corrected chi connectivity index (χ3v) is 2.26. The Morgan fingerprint density at radius 1 is 1.67 bits per heavy atom. The molecule has 0 unspecified atom stereocenters. The van der Waals surface area contributed by atoms with Crippen LogP contribution in [0.5, 0.6) is 0 Å². The fourth-order valence-electron chi connectivity index (χ4n) is 1.26. The van der Waals surface area contributed by atoms with Gasteiger partial charge in [-0.1, -0.05) is 23.6 Å². The number of nitrogens with zero attached hydrogens (tertiary/aromatic N) is 1. The number of rotatable bonds is 3. The van der Waals surface area contributed by atoms with Gasteiger partial charge in [0.15, 0.2) is 0 Å². The smallest absolute Gasteiger partial charge is 0.339 e. The van der Waals surface area contributed by atoms with Gasteiger partial charge in [0.05, 0.1) is 17.3 Å². The summed E-state index contributed by atoms with van der Waals surface area (Å²) in [6, 6.07) is 4.90. The number of aromatic carboxylic acids is 1. The van der Waals surface area contributed by atoms with Crippen LogP contribution in [0.3, 0.4) is 0 Å². The highest BCUT2D eigenvalue weighted by Gasteiger charge is 2.16. The van der Waals surface area contributed by atoms with Crippen LogP contribution in [0.1, 0.15) is 10.4 Å². The molecule has 3 nitrogen and oxygen atoms in total. The summed E-state index contributed by atoms with van der Waals surface area (Å²) < 4.78 is 0. The van der Waals surface area contributed by atoms with Crippen LogP contribution < -0.4 is 4.90 Å². The van der Waals surface area contributed by atoms with E-state index >= 15 is 0 Å². The fraction of sp³-hybridized carbons (Fsp3) is 0.182. The minimum Gasteiger partial charge on any atom is -0.478 e. The molecule has 0 radical (unpaired) electrons. The summed E-state index contributed by atoms with van der Waals surface area (Å²) in [7, 11) is 1.72. The Morgan fingerprint density at radius 2 is 2.33 bits per heavy atom. The fourth-order valence-corrected chi connectivity index (χ4v) is 1.52. The molecule has 0 aliphatic rings. The van der Waals surface area contributed by atoms with Gasteiger partial charge in [0.1, 0.15) is 5.56 Å². The van der Waals surface area contributed by atoms with Crippen LogP contribution in [-0.2, 0) is 0 Å². The molecule has 1 N–H and O–H groups in total. The van der Waals surface area contributed by atoms with Crippen LogP contribution in [0.2, 0.25) is 5.02 Å². The number of carboxylic acids is 1. The maximum absolute atomic E-state index is 11.0. The molecule has 0 aliphatic heterocycles. The Balaban J connectivity index is 3.23. The van der Waals surface area contributed by atoms with E-state index in [4.69, 9.17) is 23.1 Å². The molecule has 0 heterocycles. The van der Waals surface area contributed by atoms with Crippen molar-refractivity contribution in [1.29, 1.82) is 0 Å². The van der Waals surface area contributed by atoms with Crippen molar-refractivity contribution in [2.75, 3.05) is 18.5 Å². The Kier molecular flexibility index (Phi) is 3.59. The van der Waals surface area contributed by atoms with Crippen LogP contribution in [0.15, 0.2) is 18.2 Å². The average molecular weight is 224 g/mol. The maximum Gasteiger partial charge on any atom is 0.339 e. The van der Waals surface area contributed by atoms with Gasteiger partial charge in [-0.25, -0.2) is 4.79 Å². The molecule has 1 aromatic rings. The first-order chi connectivity index (χ1) is 7.07. The molecule has 1 aromatic carbocycles. The van der Waals surface area contributed by atoms with Gasteiger partial charge in [-0.2, -0.15) is 0 Å². The van der Waals surface area contributed by atoms with Crippen molar-refractivity contribution in [3.63, 3.8) is 0 Å². The van der Waals surface area contributed by atoms with E-state index in [1.54, 1.807) is 24.1 Å². The first-order valence-corrected chi connectivity index (χ1v) is 4.62. The second-order valence-corrected chi connectivity index (χ2v) is 3.41. The lowest BCUT2D eigenvalue weighted by molar-refractivity contribution is 0.0698. The van der Waals surface area contributed by atoms with Crippen molar-refractivity contribution < 1.29 is 9.90 Å². The van der Waals surface area contributed by atoms with Gasteiger partial charge in [-0.05, 0) is 12.1 Å². The van der Waals surface area contributed by atoms with E-state index in [0.717, 1.165) is 0 Å². The van der Waals surface area contributed by atoms with Gasteiger partial charge >= 0.3 is 5.97 Å². The number of benzene rings is 1. The van der Waals surface area contributed by atoms with E-state index in [1.807, 2.05) is 0 Å². The van der Waals surface area contributed by atoms with Crippen LogP contribution in [-0.4, -0.2) is 24.7 Å². The van der Waals surface area contributed by atoms with Crippen LogP contribution in [0.25, 0.3) is 0 Å². The number of hydrogen-bond acceptors (Lipinski definition) is 2. The minimum atomic E-state index is -1.06. The van der Waals surface area contributed by atoms with Gasteiger partial charge in [-0.15, -0.1) is 6.42 Å². The van der Waals surface area contributed by atoms with E-state index < -0.39 is 5.97 Å². The molecular weight excluding hydrogens is 214 g/mol. The van der Waals surface area contributed by atoms with Crippen LogP contribution in [0, 0.1) is 12.3 Å². The molecule has 0 amide bonds. The molecule has 0 aromatic heterocycles. The third-order valence-electron chi connectivity index (χ3n) is 1.95. The molecule has 0 spiro atoms. The van der Waals surface area contributed by atoms with Gasteiger partial charge < -0.3 is 10.0 Å². The topological polar surface area (TPSA) is 40.5 Å². The van der Waals surface area contributed by atoms with Crippen molar-refractivity contribution in [1.82, 2.24) is 0 Å². The quantitative estimate of drug-likeness (QED) is 0.798. The molecule has 0 saturated heterocycles. The standard InChI is InChI=1S/C11H10ClNO2/c1-3-7-13(2)9-6-4-5-8(12)10(9)11(14)15/h1,4-6H,7H2,2H3,(H,14,15). The highest BCUT2D eigenvalue weighted by molar-refractivity contribution is 6.34. The monoisotopic (exact) mass is 223 g/mol. The Morgan fingerprint density at radius 3 is 2.87 bits per heavy atom. The zero-order valence-electron chi connectivity index (χ0n) is 8.20. The van der Waals surface area contributed by atoms with Crippen molar-refractivity contribution in [2.24, 2.45) is 0 Å². The Bertz CT molecular complexity index is 423. The first kappa shape index (κ1) is 11.4. The van der Waals surface area contributed by atoms with E-state index in [1.165, 1.54) is 6.07 Å². The summed E-state index contributed by atoms with van der Waals surface area (Å²) in [5, 5.41) is 9.21. The second kappa shape index (κ2) is 4.72. The van der Waals surface area contributed by atoms with Crippen LogP contribution in [0.4, 0.5) is 5.69 Å². The van der Waals surface area contributed by atoms with Gasteiger partial charge in [-0.3, -0.25) is 0 Å². The average Bonchev–Trinajstić information content (AvgIpc) is 2.17. The molecule has 1 rings (SSSR count). The van der Waals surface area contributed by atoms with Gasteiger partial charge in [0.25, 0.3) is 0 Å². The van der Waals surface area contributed by atoms with Crippen molar-refractivity contribution in [3.8, 4) is 12.3 Å². The van der Waals surface area contributed by atoms with Crippen molar-refractivity contribution in [3.05, 3.63) is 28.8 Å². The molecule has 15 heavy (non-hydrogen) atoms. The molecule has 0 aliphatic carbocycles. The SMILES string of the molecule is C#CCN(C)c1cccc(Cl)c1C(=O)O. The predicted molar refractivity (Wildman–Crippen MR) is 60.5 cm³/mol. The lowest BCUT2D eigenvalue weighted by Crippen LogP contribution is -2.20. The normalized spacial score (nSPS) is 9.40. The number of terminal acetylenes is 1. The maximum atomic E-state index is 11.0. The largest absolute Gasteiger partial charge is 0.478 e. The molecule has 0 fully saturated rings. The number of carbonyl (C=O) groups is 1. The third kappa shape index (κ3) is 2.42. The zero-order valence-corrected chi connectivity index (χ0v) is 8.95. The molecule has 4 heteroatoms. The van der Waals surface area contributed by atoms with Crippen molar-refractivity contribution in [2.45, 2.75) is 0 Å². The van der Waals surface area contributed by atoms with Gasteiger partial charge in [0, 0.05) is 7.05 Å². The summed E-state index contributed by atoms with van der Waals surface area (Å²) in [5.74, 6) is 1.39. The number of halogens is 1. The second-order valence-electron chi connectivity index (χ2n) is 3.00. The zero-order chi connectivity index (χ0) is 11.4. The van der Waals surface area contributed by atoms with Crippen molar-refractivity contribution >= 4 is 23.3 Å².